The van der Waals surface area contributed by atoms with E-state index in [4.69, 9.17) is 0 Å². The van der Waals surface area contributed by atoms with E-state index in [1.54, 1.807) is 6.08 Å². The highest BCUT2D eigenvalue weighted by Crippen LogP contribution is 2.29. The molecule has 0 saturated carbocycles. The number of ketones is 1. The number of nitrogens with one attached hydrogen (secondary N) is 1. The van der Waals surface area contributed by atoms with Crippen LogP contribution in [0.4, 0.5) is 0 Å². The summed E-state index contributed by atoms with van der Waals surface area (Å²) in [4.78, 5) is 12.3. The van der Waals surface area contributed by atoms with Crippen LogP contribution in [0.5, 0.6) is 0 Å². The van der Waals surface area contributed by atoms with Crippen LogP contribution in [0.3, 0.4) is 0 Å². The molecule has 0 unspecified atom stereocenters. The Kier molecular flexibility index (Phi) is 3.84. The number of carbonyl (C=O) groups excluding carboxylic acids is 1. The molecule has 0 bridgehead atoms. The quantitative estimate of drug-likeness (QED) is 0.669. The average molecular weight is 291 g/mol. The van der Waals surface area contributed by atoms with Crippen molar-refractivity contribution in [1.29, 1.82) is 0 Å². The van der Waals surface area contributed by atoms with E-state index in [-0.39, 0.29) is 11.2 Å². The first-order valence-corrected chi connectivity index (χ1v) is 7.68. The molecule has 0 spiro atoms. The van der Waals surface area contributed by atoms with Crippen molar-refractivity contribution < 1.29 is 4.79 Å². The molecule has 0 amide bonds. The van der Waals surface area contributed by atoms with E-state index in [9.17, 15) is 4.79 Å². The van der Waals surface area contributed by atoms with Gasteiger partial charge in [-0.25, -0.2) is 0 Å². The second-order valence-electron chi connectivity index (χ2n) is 6.67. The predicted octanol–water partition coefficient (Wildman–Crippen LogP) is 4.44. The smallest absolute Gasteiger partial charge is 0.187 e. The minimum absolute atomic E-state index is 0.0693. The van der Waals surface area contributed by atoms with Crippen molar-refractivity contribution in [3.8, 4) is 11.1 Å². The number of carbonyl (C=O) groups is 1. The van der Waals surface area contributed by atoms with E-state index in [2.05, 4.69) is 31.3 Å². The lowest BCUT2D eigenvalue weighted by atomic mass is 9.92. The molecule has 3 rings (SSSR count). The van der Waals surface area contributed by atoms with Crippen molar-refractivity contribution in [2.24, 2.45) is 5.41 Å². The van der Waals surface area contributed by atoms with E-state index in [1.165, 1.54) is 5.56 Å². The molecule has 0 radical (unpaired) electrons. The minimum atomic E-state index is 0.0693. The third-order valence-corrected chi connectivity index (χ3v) is 4.04. The molecular formula is C20H21NO. The molecule has 1 aliphatic heterocycles. The molecule has 2 aromatic rings. The summed E-state index contributed by atoms with van der Waals surface area (Å²) in [6.07, 6.45) is 2.67. The fourth-order valence-electron chi connectivity index (χ4n) is 2.79. The maximum atomic E-state index is 12.3. The van der Waals surface area contributed by atoms with Crippen LogP contribution in [0, 0.1) is 5.41 Å². The molecule has 1 N–H and O–H groups in total. The monoisotopic (exact) mass is 291 g/mol. The molecule has 1 aliphatic rings. The number of rotatable bonds is 3. The van der Waals surface area contributed by atoms with Crippen LogP contribution in [0.1, 0.15) is 30.6 Å². The van der Waals surface area contributed by atoms with E-state index in [0.717, 1.165) is 29.8 Å². The van der Waals surface area contributed by atoms with Gasteiger partial charge in [-0.15, -0.1) is 0 Å². The van der Waals surface area contributed by atoms with Crippen molar-refractivity contribution in [1.82, 2.24) is 5.32 Å². The summed E-state index contributed by atoms with van der Waals surface area (Å²) in [5, 5.41) is 3.33. The van der Waals surface area contributed by atoms with E-state index in [0.29, 0.717) is 0 Å². The van der Waals surface area contributed by atoms with Crippen molar-refractivity contribution in [2.75, 3.05) is 6.54 Å². The first kappa shape index (κ1) is 14.6. The Labute approximate surface area is 131 Å². The first-order valence-electron chi connectivity index (χ1n) is 7.68. The molecule has 0 atom stereocenters. The zero-order valence-corrected chi connectivity index (χ0v) is 13.1. The summed E-state index contributed by atoms with van der Waals surface area (Å²) in [6.45, 7) is 5.35. The third-order valence-electron chi connectivity index (χ3n) is 4.04. The molecule has 1 fully saturated rings. The Hall–Kier alpha value is -2.35. The van der Waals surface area contributed by atoms with E-state index in [1.807, 2.05) is 42.5 Å². The van der Waals surface area contributed by atoms with Crippen LogP contribution in [-0.4, -0.2) is 12.3 Å². The molecule has 2 aromatic carbocycles. The fraction of sp³-hybridized carbons (Fsp3) is 0.250. The minimum Gasteiger partial charge on any atom is -0.388 e. The van der Waals surface area contributed by atoms with Gasteiger partial charge < -0.3 is 5.32 Å². The predicted molar refractivity (Wildman–Crippen MR) is 90.7 cm³/mol. The second-order valence-corrected chi connectivity index (χ2v) is 6.67. The summed E-state index contributed by atoms with van der Waals surface area (Å²) >= 11 is 0. The van der Waals surface area contributed by atoms with Gasteiger partial charge in [0, 0.05) is 23.9 Å². The van der Waals surface area contributed by atoms with Gasteiger partial charge in [0.25, 0.3) is 0 Å². The zero-order chi connectivity index (χ0) is 15.6. The summed E-state index contributed by atoms with van der Waals surface area (Å²) in [5.41, 5.74) is 4.31. The molecule has 22 heavy (non-hydrogen) atoms. The van der Waals surface area contributed by atoms with Gasteiger partial charge in [-0.05, 0) is 23.0 Å². The molecular weight excluding hydrogens is 270 g/mol. The number of hydrogen-bond acceptors (Lipinski definition) is 2. The van der Waals surface area contributed by atoms with Crippen LogP contribution in [0.15, 0.2) is 66.4 Å². The average Bonchev–Trinajstić information content (AvgIpc) is 2.87. The van der Waals surface area contributed by atoms with Crippen LogP contribution in [0.2, 0.25) is 0 Å². The number of benzene rings is 2. The zero-order valence-electron chi connectivity index (χ0n) is 13.1. The Balaban J connectivity index is 1.76. The maximum absolute atomic E-state index is 12.3. The highest BCUT2D eigenvalue weighted by atomic mass is 16.1. The molecule has 0 aromatic heterocycles. The summed E-state index contributed by atoms with van der Waals surface area (Å²) in [7, 11) is 0. The maximum Gasteiger partial charge on any atom is 0.187 e. The van der Waals surface area contributed by atoms with Crippen LogP contribution in [-0.2, 0) is 0 Å². The first-order chi connectivity index (χ1) is 10.5. The Morgan fingerprint density at radius 3 is 2.23 bits per heavy atom. The molecule has 1 saturated heterocycles. The molecule has 2 nitrogen and oxygen atoms in total. The summed E-state index contributed by atoms with van der Waals surface area (Å²) in [6, 6.07) is 18.0. The van der Waals surface area contributed by atoms with Crippen molar-refractivity contribution in [3.63, 3.8) is 0 Å². The Morgan fingerprint density at radius 1 is 1.00 bits per heavy atom. The van der Waals surface area contributed by atoms with Gasteiger partial charge >= 0.3 is 0 Å². The lowest BCUT2D eigenvalue weighted by Crippen LogP contribution is -2.15. The Morgan fingerprint density at radius 2 is 1.64 bits per heavy atom. The number of allylic oxidation sites excluding steroid dienone is 2. The fourth-order valence-corrected chi connectivity index (χ4v) is 2.79. The van der Waals surface area contributed by atoms with Gasteiger partial charge in [0.15, 0.2) is 5.78 Å². The second kappa shape index (κ2) is 5.80. The molecule has 112 valence electrons. The van der Waals surface area contributed by atoms with Crippen molar-refractivity contribution >= 4 is 5.78 Å². The standard InChI is InChI=1S/C20H21NO/c1-20(2)13-18(21-14-20)12-19(22)17-10-8-16(9-11-17)15-6-4-3-5-7-15/h3-12,21H,13-14H2,1-2H3/b18-12-. The summed E-state index contributed by atoms with van der Waals surface area (Å²) in [5.74, 6) is 0.0693. The normalized spacial score (nSPS) is 18.2. The van der Waals surface area contributed by atoms with Gasteiger partial charge in [0.1, 0.15) is 0 Å². The highest BCUT2D eigenvalue weighted by Gasteiger charge is 2.26. The number of hydrogen-bond donors (Lipinski definition) is 1. The van der Waals surface area contributed by atoms with Crippen molar-refractivity contribution in [2.45, 2.75) is 20.3 Å². The highest BCUT2D eigenvalue weighted by molar-refractivity contribution is 6.05. The van der Waals surface area contributed by atoms with Crippen LogP contribution in [0.25, 0.3) is 11.1 Å². The van der Waals surface area contributed by atoms with Gasteiger partial charge in [-0.2, -0.15) is 0 Å². The van der Waals surface area contributed by atoms with Gasteiger partial charge in [0.05, 0.1) is 0 Å². The molecule has 2 heteroatoms. The van der Waals surface area contributed by atoms with Crippen LogP contribution >= 0.6 is 0 Å². The van der Waals surface area contributed by atoms with Crippen LogP contribution < -0.4 is 5.32 Å². The summed E-state index contributed by atoms with van der Waals surface area (Å²) < 4.78 is 0. The van der Waals surface area contributed by atoms with Gasteiger partial charge in [-0.1, -0.05) is 68.4 Å². The van der Waals surface area contributed by atoms with Gasteiger partial charge in [-0.3, -0.25) is 4.79 Å². The molecule has 0 aliphatic carbocycles. The lowest BCUT2D eigenvalue weighted by Gasteiger charge is -2.12. The Bertz CT molecular complexity index is 696. The van der Waals surface area contributed by atoms with E-state index < -0.39 is 0 Å². The molecule has 1 heterocycles. The SMILES string of the molecule is CC1(C)CN/C(=C\C(=O)c2ccc(-c3ccccc3)cc2)C1. The van der Waals surface area contributed by atoms with Crippen molar-refractivity contribution in [3.05, 3.63) is 71.9 Å². The third kappa shape index (κ3) is 3.28. The topological polar surface area (TPSA) is 29.1 Å². The van der Waals surface area contributed by atoms with E-state index >= 15 is 0 Å². The van der Waals surface area contributed by atoms with Gasteiger partial charge in [0.2, 0.25) is 0 Å². The largest absolute Gasteiger partial charge is 0.388 e. The lowest BCUT2D eigenvalue weighted by molar-refractivity contribution is 0.104.